The van der Waals surface area contributed by atoms with Crippen LogP contribution in [0.1, 0.15) is 49.9 Å². The van der Waals surface area contributed by atoms with Gasteiger partial charge in [-0.3, -0.25) is 0 Å². The van der Waals surface area contributed by atoms with Gasteiger partial charge in [-0.2, -0.15) is 0 Å². The summed E-state index contributed by atoms with van der Waals surface area (Å²) in [6.07, 6.45) is 0. The molecule has 0 N–H and O–H groups in total. The highest BCUT2D eigenvalue weighted by Gasteiger charge is 2.42. The second-order valence-corrected chi connectivity index (χ2v) is 19.7. The largest absolute Gasteiger partial charge is 0.309 e. The zero-order chi connectivity index (χ0) is 44.1. The van der Waals surface area contributed by atoms with Gasteiger partial charge < -0.3 is 9.13 Å². The Hall–Kier alpha value is -7.94. The van der Waals surface area contributed by atoms with Gasteiger partial charge in [0, 0.05) is 43.4 Å². The van der Waals surface area contributed by atoms with Gasteiger partial charge >= 0.3 is 0 Å². The third-order valence-electron chi connectivity index (χ3n) is 15.5. The molecule has 0 bridgehead atoms. The fourth-order valence-corrected chi connectivity index (χ4v) is 12.1. The quantitative estimate of drug-likeness (QED) is 0.167. The lowest BCUT2D eigenvalue weighted by Gasteiger charge is -2.24. The highest BCUT2D eigenvalue weighted by molar-refractivity contribution is 6.12. The Labute approximate surface area is 384 Å². The van der Waals surface area contributed by atoms with E-state index < -0.39 is 0 Å². The second kappa shape index (κ2) is 13.3. The van der Waals surface area contributed by atoms with E-state index in [0.29, 0.717) is 0 Å². The fraction of sp³-hybridized carbons (Fsp3) is 0.0938. The van der Waals surface area contributed by atoms with E-state index in [1.165, 1.54) is 133 Å². The molecule has 0 atom stereocenters. The molecule has 312 valence electrons. The van der Waals surface area contributed by atoms with Crippen LogP contribution in [0.5, 0.6) is 0 Å². The third kappa shape index (κ3) is 5.07. The van der Waals surface area contributed by atoms with Gasteiger partial charge in [0.05, 0.1) is 27.8 Å². The Balaban J connectivity index is 0.840. The van der Waals surface area contributed by atoms with Crippen molar-refractivity contribution in [3.63, 3.8) is 0 Å². The van der Waals surface area contributed by atoms with Crippen molar-refractivity contribution in [2.24, 2.45) is 0 Å². The SMILES string of the molecule is CC1(C)c2cc(-c3ccc4c(c3)c3ccccc3n4-c3ccccc3)ccc2-c2cc3c(cc21)-c1ccc(-c2ccc4c(c2)c2ccccc2n4-c2cccc4ccccc24)cc1C3(C)C. The Kier molecular flexibility index (Phi) is 7.55. The number of aromatic nitrogens is 2. The summed E-state index contributed by atoms with van der Waals surface area (Å²) in [7, 11) is 0. The number of para-hydroxylation sites is 3. The lowest BCUT2D eigenvalue weighted by molar-refractivity contribution is 0.652. The van der Waals surface area contributed by atoms with E-state index in [-0.39, 0.29) is 10.8 Å². The second-order valence-electron chi connectivity index (χ2n) is 19.7. The topological polar surface area (TPSA) is 9.86 Å². The van der Waals surface area contributed by atoms with Crippen LogP contribution in [0.4, 0.5) is 0 Å². The van der Waals surface area contributed by atoms with Crippen LogP contribution in [0.15, 0.2) is 206 Å². The first-order valence-corrected chi connectivity index (χ1v) is 23.3. The van der Waals surface area contributed by atoms with E-state index >= 15 is 0 Å². The molecule has 2 aromatic heterocycles. The summed E-state index contributed by atoms with van der Waals surface area (Å²) >= 11 is 0. The van der Waals surface area contributed by atoms with Crippen LogP contribution in [-0.4, -0.2) is 9.13 Å². The molecule has 0 amide bonds. The number of fused-ring (bicyclic) bond motifs is 13. The molecule has 0 radical (unpaired) electrons. The maximum absolute atomic E-state index is 2.54. The van der Waals surface area contributed by atoms with Crippen molar-refractivity contribution in [2.45, 2.75) is 38.5 Å². The van der Waals surface area contributed by atoms with Gasteiger partial charge in [0.2, 0.25) is 0 Å². The first-order valence-electron chi connectivity index (χ1n) is 23.3. The summed E-state index contributed by atoms with van der Waals surface area (Å²) < 4.78 is 4.84. The van der Waals surface area contributed by atoms with Crippen molar-refractivity contribution in [3.8, 4) is 55.9 Å². The summed E-state index contributed by atoms with van der Waals surface area (Å²) in [5.41, 5.74) is 23.1. The van der Waals surface area contributed by atoms with Gasteiger partial charge in [-0.15, -0.1) is 0 Å². The number of benzene rings is 10. The van der Waals surface area contributed by atoms with Crippen LogP contribution in [0.25, 0.3) is 110 Å². The van der Waals surface area contributed by atoms with Crippen LogP contribution < -0.4 is 0 Å². The van der Waals surface area contributed by atoms with E-state index in [4.69, 9.17) is 0 Å². The summed E-state index contributed by atoms with van der Waals surface area (Å²) in [6.45, 7) is 9.68. The number of hydrogen-bond donors (Lipinski definition) is 0. The molecule has 2 aliphatic rings. The Morgan fingerprint density at radius 3 is 1.30 bits per heavy atom. The average molecular weight is 843 g/mol. The highest BCUT2D eigenvalue weighted by Crippen LogP contribution is 2.57. The summed E-state index contributed by atoms with van der Waals surface area (Å²) in [5, 5.41) is 7.61. The fourth-order valence-electron chi connectivity index (χ4n) is 12.1. The first-order chi connectivity index (χ1) is 32.2. The molecule has 14 rings (SSSR count). The van der Waals surface area contributed by atoms with Gasteiger partial charge in [-0.1, -0.05) is 155 Å². The van der Waals surface area contributed by atoms with E-state index in [0.717, 1.165) is 0 Å². The lowest BCUT2D eigenvalue weighted by Crippen LogP contribution is -2.17. The maximum Gasteiger partial charge on any atom is 0.0541 e. The molecule has 0 aliphatic heterocycles. The molecule has 0 saturated carbocycles. The minimum Gasteiger partial charge on any atom is -0.309 e. The molecule has 10 aromatic carbocycles. The molecule has 66 heavy (non-hydrogen) atoms. The van der Waals surface area contributed by atoms with Crippen molar-refractivity contribution in [2.75, 3.05) is 0 Å². The summed E-state index contributed by atoms with van der Waals surface area (Å²) in [5.74, 6) is 0. The molecular formula is C64H46N2. The van der Waals surface area contributed by atoms with E-state index in [1.54, 1.807) is 0 Å². The predicted octanol–water partition coefficient (Wildman–Crippen LogP) is 17.0. The molecule has 0 spiro atoms. The molecule has 2 nitrogen and oxygen atoms in total. The minimum absolute atomic E-state index is 0.156. The maximum atomic E-state index is 2.54. The molecule has 0 saturated heterocycles. The Bertz CT molecular complexity index is 4040. The molecule has 12 aromatic rings. The van der Waals surface area contributed by atoms with Crippen molar-refractivity contribution in [1.82, 2.24) is 9.13 Å². The van der Waals surface area contributed by atoms with Crippen LogP contribution >= 0.6 is 0 Å². The Morgan fingerprint density at radius 1 is 0.288 bits per heavy atom. The Morgan fingerprint density at radius 2 is 0.712 bits per heavy atom. The standard InChI is InChI=1S/C64H46N2/c1-63(2)54-35-42(40-27-31-61-52(33-40)48-20-10-12-22-59(48)65(61)44-17-6-5-7-18-44)25-29-46(54)50-37-57-51(38-56(50)63)47-30-26-43(36-55(47)64(57,3)4)41-28-32-62-53(34-41)49-21-11-13-23-60(49)66(62)58-24-14-16-39-15-8-9-19-45(39)58/h5-38H,1-4H3. The van der Waals surface area contributed by atoms with Gasteiger partial charge in [-0.05, 0) is 151 Å². The highest BCUT2D eigenvalue weighted by atomic mass is 15.0. The molecule has 0 unspecified atom stereocenters. The van der Waals surface area contributed by atoms with Crippen molar-refractivity contribution in [3.05, 3.63) is 229 Å². The van der Waals surface area contributed by atoms with Gasteiger partial charge in [0.1, 0.15) is 0 Å². The van der Waals surface area contributed by atoms with Crippen molar-refractivity contribution >= 4 is 54.4 Å². The number of hydrogen-bond acceptors (Lipinski definition) is 0. The number of nitrogens with zero attached hydrogens (tertiary/aromatic N) is 2. The molecule has 2 heteroatoms. The summed E-state index contributed by atoms with van der Waals surface area (Å²) in [4.78, 5) is 0. The smallest absolute Gasteiger partial charge is 0.0541 e. The molecule has 0 fully saturated rings. The monoisotopic (exact) mass is 842 g/mol. The van der Waals surface area contributed by atoms with Gasteiger partial charge in [0.25, 0.3) is 0 Å². The third-order valence-corrected chi connectivity index (χ3v) is 15.5. The van der Waals surface area contributed by atoms with E-state index in [1.807, 2.05) is 0 Å². The van der Waals surface area contributed by atoms with Crippen LogP contribution in [0.3, 0.4) is 0 Å². The first kappa shape index (κ1) is 37.4. The zero-order valence-corrected chi connectivity index (χ0v) is 37.5. The van der Waals surface area contributed by atoms with Crippen molar-refractivity contribution in [1.29, 1.82) is 0 Å². The minimum atomic E-state index is -0.161. The summed E-state index contributed by atoms with van der Waals surface area (Å²) in [6, 6.07) is 77.3. The average Bonchev–Trinajstić information content (AvgIpc) is 4.01. The van der Waals surface area contributed by atoms with E-state index in [2.05, 4.69) is 243 Å². The normalized spacial score (nSPS) is 14.3. The van der Waals surface area contributed by atoms with Crippen LogP contribution in [0, 0.1) is 0 Å². The molecular weight excluding hydrogens is 797 g/mol. The van der Waals surface area contributed by atoms with Crippen LogP contribution in [0.2, 0.25) is 0 Å². The zero-order valence-electron chi connectivity index (χ0n) is 37.5. The van der Waals surface area contributed by atoms with Crippen LogP contribution in [-0.2, 0) is 10.8 Å². The number of rotatable bonds is 4. The predicted molar refractivity (Wildman–Crippen MR) is 279 cm³/mol. The van der Waals surface area contributed by atoms with Crippen molar-refractivity contribution < 1.29 is 0 Å². The van der Waals surface area contributed by atoms with E-state index in [9.17, 15) is 0 Å². The van der Waals surface area contributed by atoms with Gasteiger partial charge in [0.15, 0.2) is 0 Å². The lowest BCUT2D eigenvalue weighted by atomic mass is 9.79. The molecule has 2 heterocycles. The van der Waals surface area contributed by atoms with Gasteiger partial charge in [-0.25, -0.2) is 0 Å². The molecule has 2 aliphatic carbocycles.